The minimum Gasteiger partial charge on any atom is -0.508 e. The number of ether oxygens (including phenoxy) is 1. The van der Waals surface area contributed by atoms with Crippen LogP contribution in [0.3, 0.4) is 0 Å². The van der Waals surface area contributed by atoms with Crippen molar-refractivity contribution in [1.29, 1.82) is 0 Å². The van der Waals surface area contributed by atoms with Gasteiger partial charge in [0, 0.05) is 11.1 Å². The summed E-state index contributed by atoms with van der Waals surface area (Å²) in [5.74, 6) is -1.23. The lowest BCUT2D eigenvalue weighted by Gasteiger charge is -2.31. The van der Waals surface area contributed by atoms with Gasteiger partial charge in [-0.1, -0.05) is 18.2 Å². The van der Waals surface area contributed by atoms with Gasteiger partial charge < -0.3 is 14.7 Å². The number of phenols is 1. The highest BCUT2D eigenvalue weighted by molar-refractivity contribution is 5.99. The van der Waals surface area contributed by atoms with Gasteiger partial charge >= 0.3 is 0 Å². The minimum atomic E-state index is -0.721. The van der Waals surface area contributed by atoms with Crippen LogP contribution in [0.15, 0.2) is 66.7 Å². The Morgan fingerprint density at radius 1 is 0.971 bits per heavy atom. The average Bonchev–Trinajstić information content (AvgIpc) is 3.21. The van der Waals surface area contributed by atoms with Crippen molar-refractivity contribution in [3.8, 4) is 5.75 Å². The number of hydrogen-bond acceptors (Lipinski definition) is 5. The van der Waals surface area contributed by atoms with Crippen LogP contribution < -0.4 is 10.9 Å². The first-order valence-corrected chi connectivity index (χ1v) is 11.4. The zero-order chi connectivity index (χ0) is 25.0. The number of aromatic hydroxyl groups is 1. The largest absolute Gasteiger partial charge is 0.508 e. The van der Waals surface area contributed by atoms with Gasteiger partial charge in [0.05, 0.1) is 6.61 Å². The van der Waals surface area contributed by atoms with Crippen molar-refractivity contribution >= 4 is 11.8 Å². The summed E-state index contributed by atoms with van der Waals surface area (Å²) in [6.07, 6.45) is 1.58. The van der Waals surface area contributed by atoms with E-state index in [4.69, 9.17) is 4.74 Å². The molecule has 0 aromatic heterocycles. The second-order valence-electron chi connectivity index (χ2n) is 8.86. The van der Waals surface area contributed by atoms with E-state index in [-0.39, 0.29) is 11.6 Å². The summed E-state index contributed by atoms with van der Waals surface area (Å²) in [4.78, 5) is 27.0. The quantitative estimate of drug-likeness (QED) is 0.451. The van der Waals surface area contributed by atoms with Crippen molar-refractivity contribution in [3.63, 3.8) is 0 Å². The van der Waals surface area contributed by atoms with Gasteiger partial charge in [0.25, 0.3) is 11.8 Å². The van der Waals surface area contributed by atoms with Gasteiger partial charge in [0.15, 0.2) is 0 Å². The summed E-state index contributed by atoms with van der Waals surface area (Å²) < 4.78 is 20.0. The predicted octanol–water partition coefficient (Wildman–Crippen LogP) is 3.72. The molecule has 182 valence electrons. The van der Waals surface area contributed by atoms with Gasteiger partial charge in [0.1, 0.15) is 17.2 Å². The Hall–Kier alpha value is -3.75. The van der Waals surface area contributed by atoms with Crippen molar-refractivity contribution < 1.29 is 23.8 Å². The number of nitrogens with one attached hydrogen (secondary N) is 2. The van der Waals surface area contributed by atoms with Crippen LogP contribution in [-0.4, -0.2) is 42.5 Å². The Morgan fingerprint density at radius 2 is 1.60 bits per heavy atom. The molecule has 3 N–H and O–H groups in total. The molecule has 8 heteroatoms. The Labute approximate surface area is 203 Å². The highest BCUT2D eigenvalue weighted by Crippen LogP contribution is 2.45. The molecule has 1 unspecified atom stereocenters. The molecule has 4 rings (SSSR count). The number of hydrogen-bond donors (Lipinski definition) is 3. The third-order valence-electron chi connectivity index (χ3n) is 6.14. The Morgan fingerprint density at radius 3 is 2.26 bits per heavy atom. The van der Waals surface area contributed by atoms with Crippen molar-refractivity contribution in [2.75, 3.05) is 20.6 Å². The average molecular weight is 478 g/mol. The Balaban J connectivity index is 1.53. The first-order valence-electron chi connectivity index (χ1n) is 11.4. The molecule has 0 fully saturated rings. The van der Waals surface area contributed by atoms with Crippen molar-refractivity contribution in [3.05, 3.63) is 100 Å². The molecular formula is C27H28FN3O4. The smallest absolute Gasteiger partial charge is 0.269 e. The molecule has 35 heavy (non-hydrogen) atoms. The molecule has 7 nitrogen and oxygen atoms in total. The van der Waals surface area contributed by atoms with E-state index in [1.54, 1.807) is 24.3 Å². The fraction of sp³-hybridized carbons (Fsp3) is 0.259. The predicted molar refractivity (Wildman–Crippen MR) is 129 cm³/mol. The molecule has 0 bridgehead atoms. The lowest BCUT2D eigenvalue weighted by Crippen LogP contribution is -2.41. The van der Waals surface area contributed by atoms with Gasteiger partial charge in [0.2, 0.25) is 0 Å². The molecule has 0 saturated heterocycles. The maximum atomic E-state index is 13.6. The topological polar surface area (TPSA) is 90.9 Å². The number of nitrogens with zero attached hydrogens (tertiary/aromatic N) is 1. The highest BCUT2D eigenvalue weighted by atomic mass is 19.1. The van der Waals surface area contributed by atoms with Gasteiger partial charge in [-0.25, -0.2) is 4.39 Å². The standard InChI is InChI=1S/C27H28FN3O4/c1-31(2)15-3-14-27(21-7-9-22(28)10-8-21)24-13-6-19(16-20(24)17-35-27)26(34)30-29-25(33)18-4-11-23(32)12-5-18/h4-13,16,32H,3,14-15,17H2,1-2H3,(H,29,33)(H,30,34). The fourth-order valence-corrected chi connectivity index (χ4v) is 4.35. The van der Waals surface area contributed by atoms with Gasteiger partial charge in [-0.2, -0.15) is 0 Å². The summed E-state index contributed by atoms with van der Waals surface area (Å²) >= 11 is 0. The zero-order valence-corrected chi connectivity index (χ0v) is 19.7. The molecule has 1 aliphatic heterocycles. The monoisotopic (exact) mass is 477 g/mol. The third-order valence-corrected chi connectivity index (χ3v) is 6.14. The first-order chi connectivity index (χ1) is 16.8. The maximum absolute atomic E-state index is 13.6. The van der Waals surface area contributed by atoms with Crippen molar-refractivity contribution in [2.24, 2.45) is 0 Å². The van der Waals surface area contributed by atoms with E-state index in [0.717, 1.165) is 29.7 Å². The molecule has 1 atom stereocenters. The van der Waals surface area contributed by atoms with Crippen LogP contribution in [0.1, 0.15) is 50.2 Å². The molecule has 3 aromatic carbocycles. The number of carbonyl (C=O) groups is 2. The number of amides is 2. The van der Waals surface area contributed by atoms with Crippen LogP contribution >= 0.6 is 0 Å². The van der Waals surface area contributed by atoms with Crippen LogP contribution in [0.4, 0.5) is 4.39 Å². The van der Waals surface area contributed by atoms with Gasteiger partial charge in [-0.15, -0.1) is 0 Å². The Bertz CT molecular complexity index is 1210. The summed E-state index contributed by atoms with van der Waals surface area (Å²) in [5.41, 5.74) is 7.45. The third kappa shape index (κ3) is 5.34. The molecule has 1 heterocycles. The lowest BCUT2D eigenvalue weighted by molar-refractivity contribution is -0.0140. The summed E-state index contributed by atoms with van der Waals surface area (Å²) in [6, 6.07) is 17.4. The SMILES string of the molecule is CN(C)CCCC1(c2ccc(F)cc2)OCc2cc(C(=O)NNC(=O)c3ccc(O)cc3)ccc21. The number of hydrazine groups is 1. The number of halogens is 1. The van der Waals surface area contributed by atoms with E-state index in [1.807, 2.05) is 20.2 Å². The second kappa shape index (κ2) is 10.2. The van der Waals surface area contributed by atoms with Crippen LogP contribution in [-0.2, 0) is 16.9 Å². The van der Waals surface area contributed by atoms with Crippen molar-refractivity contribution in [1.82, 2.24) is 15.8 Å². The van der Waals surface area contributed by atoms with Gasteiger partial charge in [-0.05, 0) is 98.7 Å². The molecular weight excluding hydrogens is 449 g/mol. The molecule has 0 aliphatic carbocycles. The van der Waals surface area contributed by atoms with E-state index < -0.39 is 17.4 Å². The molecule has 0 radical (unpaired) electrons. The Kier molecular flexibility index (Phi) is 7.14. The lowest BCUT2D eigenvalue weighted by atomic mass is 9.81. The maximum Gasteiger partial charge on any atom is 0.269 e. The summed E-state index contributed by atoms with van der Waals surface area (Å²) in [5, 5.41) is 9.35. The highest BCUT2D eigenvalue weighted by Gasteiger charge is 2.41. The number of fused-ring (bicyclic) bond motifs is 1. The van der Waals surface area contributed by atoms with Crippen LogP contribution in [0.2, 0.25) is 0 Å². The van der Waals surface area contributed by atoms with E-state index in [2.05, 4.69) is 15.8 Å². The normalized spacial score (nSPS) is 16.7. The number of phenolic OH excluding ortho intramolecular Hbond substituents is 1. The van der Waals surface area contributed by atoms with E-state index in [9.17, 15) is 19.1 Å². The molecule has 2 amide bonds. The first kappa shape index (κ1) is 24.4. The summed E-state index contributed by atoms with van der Waals surface area (Å²) in [7, 11) is 4.03. The van der Waals surface area contributed by atoms with E-state index in [0.29, 0.717) is 24.2 Å². The molecule has 1 aliphatic rings. The number of rotatable bonds is 7. The van der Waals surface area contributed by atoms with Crippen LogP contribution in [0.25, 0.3) is 0 Å². The molecule has 0 saturated carbocycles. The number of carbonyl (C=O) groups excluding carboxylic acids is 2. The van der Waals surface area contributed by atoms with E-state index >= 15 is 0 Å². The minimum absolute atomic E-state index is 0.0457. The van der Waals surface area contributed by atoms with Crippen LogP contribution in [0, 0.1) is 5.82 Å². The molecule has 3 aromatic rings. The molecule has 0 spiro atoms. The van der Waals surface area contributed by atoms with E-state index in [1.165, 1.54) is 36.4 Å². The fourth-order valence-electron chi connectivity index (χ4n) is 4.35. The second-order valence-corrected chi connectivity index (χ2v) is 8.86. The summed E-state index contributed by atoms with van der Waals surface area (Å²) in [6.45, 7) is 1.19. The van der Waals surface area contributed by atoms with Gasteiger partial charge in [-0.3, -0.25) is 20.4 Å². The van der Waals surface area contributed by atoms with Crippen molar-refractivity contribution in [2.45, 2.75) is 25.0 Å². The number of benzene rings is 3. The zero-order valence-electron chi connectivity index (χ0n) is 19.7. The van der Waals surface area contributed by atoms with Crippen LogP contribution in [0.5, 0.6) is 5.75 Å².